The van der Waals surface area contributed by atoms with Crippen molar-refractivity contribution in [2.75, 3.05) is 19.7 Å². The zero-order valence-electron chi connectivity index (χ0n) is 10.3. The minimum Gasteiger partial charge on any atom is -0.481 e. The van der Waals surface area contributed by atoms with Gasteiger partial charge in [-0.1, -0.05) is 30.3 Å². The van der Waals surface area contributed by atoms with Crippen LogP contribution in [0.3, 0.4) is 0 Å². The van der Waals surface area contributed by atoms with Crippen LogP contribution in [-0.2, 0) is 11.3 Å². The first kappa shape index (κ1) is 13.1. The summed E-state index contributed by atoms with van der Waals surface area (Å²) in [4.78, 5) is 13.3. The average Bonchev–Trinajstić information content (AvgIpc) is 2.79. The van der Waals surface area contributed by atoms with E-state index in [1.165, 1.54) is 5.56 Å². The lowest BCUT2D eigenvalue weighted by Crippen LogP contribution is -2.29. The highest BCUT2D eigenvalue weighted by Gasteiger charge is 2.33. The molecule has 1 aliphatic rings. The van der Waals surface area contributed by atoms with E-state index in [1.807, 2.05) is 18.2 Å². The molecule has 4 heteroatoms. The van der Waals surface area contributed by atoms with Crippen LogP contribution in [0, 0.1) is 11.8 Å². The van der Waals surface area contributed by atoms with E-state index in [2.05, 4.69) is 17.0 Å². The Morgan fingerprint density at radius 1 is 1.39 bits per heavy atom. The fourth-order valence-corrected chi connectivity index (χ4v) is 2.61. The molecule has 18 heavy (non-hydrogen) atoms. The van der Waals surface area contributed by atoms with Gasteiger partial charge < -0.3 is 10.2 Å². The monoisotopic (exact) mass is 249 g/mol. The molecule has 1 fully saturated rings. The van der Waals surface area contributed by atoms with Crippen LogP contribution in [-0.4, -0.2) is 40.8 Å². The summed E-state index contributed by atoms with van der Waals surface area (Å²) in [7, 11) is 0. The van der Waals surface area contributed by atoms with Gasteiger partial charge in [-0.25, -0.2) is 0 Å². The Hall–Kier alpha value is -1.39. The SMILES string of the molecule is O=C(O)C(CO)C1CCN(Cc2ccccc2)C1. The molecule has 2 unspecified atom stereocenters. The zero-order chi connectivity index (χ0) is 13.0. The number of aliphatic hydroxyl groups excluding tert-OH is 1. The lowest BCUT2D eigenvalue weighted by atomic mass is 9.92. The van der Waals surface area contributed by atoms with E-state index < -0.39 is 11.9 Å². The summed E-state index contributed by atoms with van der Waals surface area (Å²) >= 11 is 0. The molecule has 1 aromatic rings. The van der Waals surface area contributed by atoms with Crippen LogP contribution in [0.5, 0.6) is 0 Å². The molecule has 1 heterocycles. The van der Waals surface area contributed by atoms with Crippen LogP contribution in [0.25, 0.3) is 0 Å². The molecular formula is C14H19NO3. The third-order valence-electron chi connectivity index (χ3n) is 3.64. The number of nitrogens with zero attached hydrogens (tertiary/aromatic N) is 1. The molecule has 0 saturated carbocycles. The highest BCUT2D eigenvalue weighted by molar-refractivity contribution is 5.70. The molecule has 1 saturated heterocycles. The van der Waals surface area contributed by atoms with Crippen LogP contribution in [0.1, 0.15) is 12.0 Å². The summed E-state index contributed by atoms with van der Waals surface area (Å²) in [6.45, 7) is 2.25. The Morgan fingerprint density at radius 3 is 2.72 bits per heavy atom. The number of aliphatic carboxylic acids is 1. The molecule has 98 valence electrons. The third-order valence-corrected chi connectivity index (χ3v) is 3.64. The standard InChI is InChI=1S/C14H19NO3/c16-10-13(14(17)18)12-6-7-15(9-12)8-11-4-2-1-3-5-11/h1-5,12-13,16H,6-10H2,(H,17,18). The van der Waals surface area contributed by atoms with Crippen LogP contribution in [0.4, 0.5) is 0 Å². The van der Waals surface area contributed by atoms with Gasteiger partial charge in [-0.3, -0.25) is 9.69 Å². The number of carbonyl (C=O) groups is 1. The number of likely N-dealkylation sites (tertiary alicyclic amines) is 1. The molecule has 0 aromatic heterocycles. The van der Waals surface area contributed by atoms with E-state index in [0.29, 0.717) is 0 Å². The van der Waals surface area contributed by atoms with Crippen LogP contribution in [0.15, 0.2) is 30.3 Å². The third kappa shape index (κ3) is 3.09. The normalized spacial score (nSPS) is 21.9. The maximum Gasteiger partial charge on any atom is 0.309 e. The Morgan fingerprint density at radius 2 is 2.11 bits per heavy atom. The highest BCUT2D eigenvalue weighted by atomic mass is 16.4. The second-order valence-electron chi connectivity index (χ2n) is 4.90. The van der Waals surface area contributed by atoms with Crippen molar-refractivity contribution in [3.63, 3.8) is 0 Å². The van der Waals surface area contributed by atoms with Crippen LogP contribution >= 0.6 is 0 Å². The molecule has 1 aliphatic heterocycles. The Kier molecular flexibility index (Phi) is 4.33. The molecule has 4 nitrogen and oxygen atoms in total. The van der Waals surface area contributed by atoms with Crippen molar-refractivity contribution in [1.29, 1.82) is 0 Å². The topological polar surface area (TPSA) is 60.8 Å². The van der Waals surface area contributed by atoms with Crippen molar-refractivity contribution < 1.29 is 15.0 Å². The van der Waals surface area contributed by atoms with E-state index in [1.54, 1.807) is 0 Å². The smallest absolute Gasteiger partial charge is 0.309 e. The van der Waals surface area contributed by atoms with Crippen molar-refractivity contribution in [3.8, 4) is 0 Å². The average molecular weight is 249 g/mol. The summed E-state index contributed by atoms with van der Waals surface area (Å²) in [5, 5.41) is 18.2. The number of benzene rings is 1. The molecule has 2 rings (SSSR count). The number of hydrogen-bond acceptors (Lipinski definition) is 3. The molecule has 0 amide bonds. The molecule has 0 bridgehead atoms. The predicted octanol–water partition coefficient (Wildman–Crippen LogP) is 1.20. The van der Waals surface area contributed by atoms with Crippen molar-refractivity contribution in [3.05, 3.63) is 35.9 Å². The minimum absolute atomic E-state index is 0.0659. The Balaban J connectivity index is 1.90. The van der Waals surface area contributed by atoms with E-state index >= 15 is 0 Å². The summed E-state index contributed by atoms with van der Waals surface area (Å²) in [5.41, 5.74) is 1.24. The lowest BCUT2D eigenvalue weighted by molar-refractivity contribution is -0.145. The maximum absolute atomic E-state index is 11.0. The van der Waals surface area contributed by atoms with E-state index in [0.717, 1.165) is 26.1 Å². The summed E-state index contributed by atoms with van der Waals surface area (Å²) in [6.07, 6.45) is 0.852. The fourth-order valence-electron chi connectivity index (χ4n) is 2.61. The van der Waals surface area contributed by atoms with Gasteiger partial charge in [0.15, 0.2) is 0 Å². The summed E-state index contributed by atoms with van der Waals surface area (Å²) < 4.78 is 0. The number of aliphatic hydroxyl groups is 1. The first-order valence-corrected chi connectivity index (χ1v) is 6.30. The highest BCUT2D eigenvalue weighted by Crippen LogP contribution is 2.25. The largest absolute Gasteiger partial charge is 0.481 e. The number of rotatable bonds is 5. The number of carboxylic acids is 1. The second-order valence-corrected chi connectivity index (χ2v) is 4.90. The first-order valence-electron chi connectivity index (χ1n) is 6.30. The van der Waals surface area contributed by atoms with Gasteiger partial charge in [-0.05, 0) is 24.4 Å². The zero-order valence-corrected chi connectivity index (χ0v) is 10.3. The van der Waals surface area contributed by atoms with Gasteiger partial charge in [0.05, 0.1) is 12.5 Å². The predicted molar refractivity (Wildman–Crippen MR) is 68.0 cm³/mol. The van der Waals surface area contributed by atoms with Gasteiger partial charge in [0.1, 0.15) is 0 Å². The van der Waals surface area contributed by atoms with Crippen molar-refractivity contribution in [1.82, 2.24) is 4.90 Å². The molecule has 0 aliphatic carbocycles. The van der Waals surface area contributed by atoms with Crippen LogP contribution in [0.2, 0.25) is 0 Å². The Bertz CT molecular complexity index is 393. The lowest BCUT2D eigenvalue weighted by Gasteiger charge is -2.19. The summed E-state index contributed by atoms with van der Waals surface area (Å²) in [5.74, 6) is -1.44. The molecule has 0 spiro atoms. The van der Waals surface area contributed by atoms with Crippen molar-refractivity contribution in [2.24, 2.45) is 11.8 Å². The quantitative estimate of drug-likeness (QED) is 0.823. The first-order chi connectivity index (χ1) is 8.70. The van der Waals surface area contributed by atoms with Gasteiger partial charge in [-0.2, -0.15) is 0 Å². The second kappa shape index (κ2) is 5.98. The van der Waals surface area contributed by atoms with Gasteiger partial charge in [0, 0.05) is 13.1 Å². The fraction of sp³-hybridized carbons (Fsp3) is 0.500. The van der Waals surface area contributed by atoms with Crippen LogP contribution < -0.4 is 0 Å². The molecule has 2 N–H and O–H groups in total. The minimum atomic E-state index is -0.885. The van der Waals surface area contributed by atoms with Gasteiger partial charge in [-0.15, -0.1) is 0 Å². The number of carboxylic acid groups (broad SMARTS) is 1. The summed E-state index contributed by atoms with van der Waals surface area (Å²) in [6, 6.07) is 10.2. The van der Waals surface area contributed by atoms with Gasteiger partial charge in [0.2, 0.25) is 0 Å². The molecule has 2 atom stereocenters. The number of hydrogen-bond donors (Lipinski definition) is 2. The van der Waals surface area contributed by atoms with Crippen molar-refractivity contribution in [2.45, 2.75) is 13.0 Å². The Labute approximate surface area is 107 Å². The van der Waals surface area contributed by atoms with E-state index in [-0.39, 0.29) is 12.5 Å². The van der Waals surface area contributed by atoms with Gasteiger partial charge in [0.25, 0.3) is 0 Å². The van der Waals surface area contributed by atoms with Gasteiger partial charge >= 0.3 is 5.97 Å². The molecule has 1 aromatic carbocycles. The van der Waals surface area contributed by atoms with Crippen molar-refractivity contribution >= 4 is 5.97 Å². The molecular weight excluding hydrogens is 230 g/mol. The van der Waals surface area contributed by atoms with E-state index in [9.17, 15) is 4.79 Å². The van der Waals surface area contributed by atoms with E-state index in [4.69, 9.17) is 10.2 Å². The molecule has 0 radical (unpaired) electrons. The maximum atomic E-state index is 11.0.